The molecule has 0 unspecified atom stereocenters. The average molecular weight is 418 g/mol. The van der Waals surface area contributed by atoms with Gasteiger partial charge in [0, 0.05) is 31.1 Å². The summed E-state index contributed by atoms with van der Waals surface area (Å²) in [6, 6.07) is 3.58. The van der Waals surface area contributed by atoms with Crippen molar-refractivity contribution in [3.8, 4) is 22.9 Å². The van der Waals surface area contributed by atoms with Crippen molar-refractivity contribution in [2.75, 3.05) is 6.54 Å². The van der Waals surface area contributed by atoms with Gasteiger partial charge < -0.3 is 10.3 Å². The average Bonchev–Trinajstić information content (AvgIpc) is 2.94. The number of hydrogen-bond donors (Lipinski definition) is 2. The molecule has 0 radical (unpaired) electrons. The quantitative estimate of drug-likeness (QED) is 0.619. The Balaban J connectivity index is 1.82. The van der Waals surface area contributed by atoms with Crippen LogP contribution in [0.2, 0.25) is 0 Å². The van der Waals surface area contributed by atoms with Crippen LogP contribution in [0.25, 0.3) is 22.9 Å². The second kappa shape index (κ2) is 5.69. The number of carbonyl (C=O) groups excluding carboxylic acids is 1. The summed E-state index contributed by atoms with van der Waals surface area (Å²) < 4.78 is 0.877. The second-order valence-corrected chi connectivity index (χ2v) is 6.11. The SMILES string of the molecule is O=C1NCCc2[nH]c(-c3ccnc(-c4ccncn4)n3)c(I)c21. The van der Waals surface area contributed by atoms with Crippen molar-refractivity contribution in [3.05, 3.63) is 45.7 Å². The van der Waals surface area contributed by atoms with Gasteiger partial charge in [0.25, 0.3) is 5.91 Å². The summed E-state index contributed by atoms with van der Waals surface area (Å²) >= 11 is 2.19. The fourth-order valence-electron chi connectivity index (χ4n) is 2.56. The zero-order valence-electron chi connectivity index (χ0n) is 11.9. The van der Waals surface area contributed by atoms with Crippen LogP contribution in [-0.4, -0.2) is 37.4 Å². The molecular weight excluding hydrogens is 407 g/mol. The van der Waals surface area contributed by atoms with Crippen LogP contribution in [0.15, 0.2) is 30.9 Å². The fourth-order valence-corrected chi connectivity index (χ4v) is 3.54. The van der Waals surface area contributed by atoms with Crippen molar-refractivity contribution in [2.24, 2.45) is 0 Å². The summed E-state index contributed by atoms with van der Waals surface area (Å²) in [6.45, 7) is 0.651. The van der Waals surface area contributed by atoms with Gasteiger partial charge in [-0.25, -0.2) is 19.9 Å². The largest absolute Gasteiger partial charge is 0.356 e. The van der Waals surface area contributed by atoms with Gasteiger partial charge >= 0.3 is 0 Å². The van der Waals surface area contributed by atoms with Gasteiger partial charge in [-0.3, -0.25) is 4.79 Å². The van der Waals surface area contributed by atoms with Gasteiger partial charge in [-0.05, 0) is 34.7 Å². The molecule has 4 rings (SSSR count). The van der Waals surface area contributed by atoms with Gasteiger partial charge in [0.1, 0.15) is 12.0 Å². The maximum Gasteiger partial charge on any atom is 0.254 e. The minimum atomic E-state index is -0.0387. The van der Waals surface area contributed by atoms with Crippen LogP contribution in [0.3, 0.4) is 0 Å². The van der Waals surface area contributed by atoms with Crippen LogP contribution < -0.4 is 5.32 Å². The van der Waals surface area contributed by atoms with Gasteiger partial charge in [0.15, 0.2) is 5.82 Å². The predicted molar refractivity (Wildman–Crippen MR) is 91.6 cm³/mol. The van der Waals surface area contributed by atoms with E-state index in [9.17, 15) is 4.79 Å². The molecule has 0 fully saturated rings. The summed E-state index contributed by atoms with van der Waals surface area (Å²) in [4.78, 5) is 32.3. The highest BCUT2D eigenvalue weighted by Gasteiger charge is 2.25. The first-order valence-electron chi connectivity index (χ1n) is 7.02. The van der Waals surface area contributed by atoms with E-state index in [1.54, 1.807) is 18.5 Å². The van der Waals surface area contributed by atoms with E-state index in [1.165, 1.54) is 6.33 Å². The molecule has 1 aliphatic heterocycles. The monoisotopic (exact) mass is 418 g/mol. The standard InChI is InChI=1S/C15H11IN6O/c16-12-11-8(2-6-19-15(11)23)21-13(12)9-3-5-18-14(22-9)10-1-4-17-7-20-10/h1,3-5,7,21H,2,6H2,(H,19,23). The Bertz CT molecular complexity index is 892. The highest BCUT2D eigenvalue weighted by Crippen LogP contribution is 2.30. The molecule has 0 spiro atoms. The number of H-pyrrole nitrogens is 1. The van der Waals surface area contributed by atoms with Crippen molar-refractivity contribution in [3.63, 3.8) is 0 Å². The number of aromatic amines is 1. The third kappa shape index (κ3) is 2.48. The Hall–Kier alpha value is -2.36. The van der Waals surface area contributed by atoms with Crippen molar-refractivity contribution >= 4 is 28.5 Å². The highest BCUT2D eigenvalue weighted by atomic mass is 127. The Kier molecular flexibility index (Phi) is 3.52. The minimum Gasteiger partial charge on any atom is -0.356 e. The molecule has 4 heterocycles. The molecule has 3 aromatic rings. The van der Waals surface area contributed by atoms with Crippen molar-refractivity contribution in [1.29, 1.82) is 0 Å². The van der Waals surface area contributed by atoms with Crippen LogP contribution in [0.1, 0.15) is 16.1 Å². The molecule has 0 aliphatic carbocycles. The minimum absolute atomic E-state index is 0.0387. The molecule has 3 aromatic heterocycles. The molecular formula is C15H11IN6O. The van der Waals surface area contributed by atoms with Crippen LogP contribution in [-0.2, 0) is 6.42 Å². The summed E-state index contributed by atoms with van der Waals surface area (Å²) in [6.07, 6.45) is 5.60. The smallest absolute Gasteiger partial charge is 0.254 e. The third-order valence-corrected chi connectivity index (χ3v) is 4.71. The van der Waals surface area contributed by atoms with Crippen molar-refractivity contribution in [2.45, 2.75) is 6.42 Å². The molecule has 0 atom stereocenters. The van der Waals surface area contributed by atoms with Gasteiger partial charge in [0.05, 0.1) is 20.5 Å². The molecule has 114 valence electrons. The lowest BCUT2D eigenvalue weighted by Gasteiger charge is -2.11. The maximum absolute atomic E-state index is 12.1. The van der Waals surface area contributed by atoms with Gasteiger partial charge in [-0.15, -0.1) is 0 Å². The number of hydrogen-bond acceptors (Lipinski definition) is 5. The van der Waals surface area contributed by atoms with Crippen LogP contribution in [0.5, 0.6) is 0 Å². The molecule has 0 bridgehead atoms. The molecule has 1 amide bonds. The Morgan fingerprint density at radius 2 is 2.00 bits per heavy atom. The molecule has 2 N–H and O–H groups in total. The summed E-state index contributed by atoms with van der Waals surface area (Å²) in [5.74, 6) is 0.487. The first-order valence-corrected chi connectivity index (χ1v) is 8.10. The highest BCUT2D eigenvalue weighted by molar-refractivity contribution is 14.1. The predicted octanol–water partition coefficient (Wildman–Crippen LogP) is 1.82. The number of aromatic nitrogens is 5. The van der Waals surface area contributed by atoms with Gasteiger partial charge in [-0.1, -0.05) is 0 Å². The second-order valence-electron chi connectivity index (χ2n) is 5.03. The van der Waals surface area contributed by atoms with Crippen molar-refractivity contribution < 1.29 is 4.79 Å². The number of halogens is 1. The molecule has 0 saturated heterocycles. The van der Waals surface area contributed by atoms with E-state index in [1.807, 2.05) is 6.07 Å². The van der Waals surface area contributed by atoms with Crippen LogP contribution in [0, 0.1) is 3.57 Å². The van der Waals surface area contributed by atoms with Crippen molar-refractivity contribution in [1.82, 2.24) is 30.2 Å². The Morgan fingerprint density at radius 1 is 1.13 bits per heavy atom. The molecule has 8 heteroatoms. The van der Waals surface area contributed by atoms with E-state index in [0.717, 1.165) is 27.1 Å². The van der Waals surface area contributed by atoms with Crippen LogP contribution >= 0.6 is 22.6 Å². The molecule has 7 nitrogen and oxygen atoms in total. The normalized spacial score (nSPS) is 13.5. The molecule has 0 aromatic carbocycles. The molecule has 1 aliphatic rings. The van der Waals surface area contributed by atoms with Gasteiger partial charge in [0.2, 0.25) is 0 Å². The lowest BCUT2D eigenvalue weighted by Crippen LogP contribution is -2.31. The van der Waals surface area contributed by atoms with E-state index in [-0.39, 0.29) is 5.91 Å². The van der Waals surface area contributed by atoms with E-state index >= 15 is 0 Å². The summed E-state index contributed by atoms with van der Waals surface area (Å²) in [7, 11) is 0. The van der Waals surface area contributed by atoms with E-state index in [0.29, 0.717) is 23.6 Å². The first-order chi connectivity index (χ1) is 11.2. The van der Waals surface area contributed by atoms with E-state index < -0.39 is 0 Å². The summed E-state index contributed by atoms with van der Waals surface area (Å²) in [5.41, 5.74) is 3.90. The molecule has 23 heavy (non-hydrogen) atoms. The number of nitrogens with zero attached hydrogens (tertiary/aromatic N) is 4. The third-order valence-electron chi connectivity index (χ3n) is 3.63. The maximum atomic E-state index is 12.1. The first kappa shape index (κ1) is 14.2. The zero-order valence-corrected chi connectivity index (χ0v) is 14.0. The van der Waals surface area contributed by atoms with E-state index in [4.69, 9.17) is 0 Å². The lowest BCUT2D eigenvalue weighted by atomic mass is 10.1. The number of carbonyl (C=O) groups is 1. The van der Waals surface area contributed by atoms with E-state index in [2.05, 4.69) is 52.8 Å². The Labute approximate surface area is 145 Å². The number of nitrogens with one attached hydrogen (secondary N) is 2. The van der Waals surface area contributed by atoms with Gasteiger partial charge in [-0.2, -0.15) is 0 Å². The fraction of sp³-hybridized carbons (Fsp3) is 0.133. The summed E-state index contributed by atoms with van der Waals surface area (Å²) in [5, 5.41) is 2.87. The topological polar surface area (TPSA) is 96.5 Å². The zero-order chi connectivity index (χ0) is 15.8. The van der Waals surface area contributed by atoms with Crippen LogP contribution in [0.4, 0.5) is 0 Å². The lowest BCUT2D eigenvalue weighted by molar-refractivity contribution is 0.0945. The Morgan fingerprint density at radius 3 is 2.78 bits per heavy atom. The molecule has 0 saturated carbocycles. The number of fused-ring (bicyclic) bond motifs is 1. The number of rotatable bonds is 2. The number of amides is 1.